The number of amidine groups is 1. The minimum atomic E-state index is -0.430. The number of thioether (sulfide) groups is 1. The lowest BCUT2D eigenvalue weighted by Crippen LogP contribution is -2.28. The van der Waals surface area contributed by atoms with Crippen LogP contribution in [0.25, 0.3) is 10.8 Å². The second-order valence-electron chi connectivity index (χ2n) is 6.41. The van der Waals surface area contributed by atoms with Crippen LogP contribution in [0.2, 0.25) is 0 Å². The van der Waals surface area contributed by atoms with Gasteiger partial charge in [0.05, 0.1) is 0 Å². The van der Waals surface area contributed by atoms with Gasteiger partial charge >= 0.3 is 0 Å². The number of hydrogen-bond acceptors (Lipinski definition) is 4. The fraction of sp³-hybridized carbons (Fsp3) is 0.316. The molecule has 2 amide bonds. The van der Waals surface area contributed by atoms with Gasteiger partial charge in [-0.1, -0.05) is 62.0 Å². The molecule has 5 nitrogen and oxygen atoms in total. The summed E-state index contributed by atoms with van der Waals surface area (Å²) in [5, 5.41) is 7.91. The Labute approximate surface area is 151 Å². The third-order valence-corrected chi connectivity index (χ3v) is 4.93. The van der Waals surface area contributed by atoms with Gasteiger partial charge in [-0.2, -0.15) is 0 Å². The number of carbonyl (C=O) groups excluding carboxylic acids is 2. The molecule has 1 heterocycles. The number of benzene rings is 2. The maximum absolute atomic E-state index is 12.4. The molecule has 0 spiro atoms. The van der Waals surface area contributed by atoms with E-state index in [1.54, 1.807) is 0 Å². The molecule has 0 unspecified atom stereocenters. The summed E-state index contributed by atoms with van der Waals surface area (Å²) in [5.41, 5.74) is 0.764. The van der Waals surface area contributed by atoms with Crippen molar-refractivity contribution in [1.82, 2.24) is 5.32 Å². The van der Waals surface area contributed by atoms with Crippen LogP contribution in [0.3, 0.4) is 0 Å². The predicted octanol–water partition coefficient (Wildman–Crippen LogP) is 3.41. The second-order valence-corrected chi connectivity index (χ2v) is 7.61. The maximum atomic E-state index is 12.4. The van der Waals surface area contributed by atoms with Crippen molar-refractivity contribution >= 4 is 45.2 Å². The molecule has 0 bridgehead atoms. The zero-order chi connectivity index (χ0) is 17.8. The van der Waals surface area contributed by atoms with Gasteiger partial charge in [-0.05, 0) is 17.4 Å². The molecule has 1 atom stereocenters. The molecule has 130 valence electrons. The van der Waals surface area contributed by atoms with Crippen molar-refractivity contribution in [2.75, 3.05) is 11.9 Å². The SMILES string of the molecule is CC(C)CN=C1NC(=O)[C@@H](CC(=O)Nc2cccc3ccccc23)S1. The quantitative estimate of drug-likeness (QED) is 0.863. The summed E-state index contributed by atoms with van der Waals surface area (Å²) in [6.45, 7) is 4.80. The molecular weight excluding hydrogens is 334 g/mol. The predicted molar refractivity (Wildman–Crippen MR) is 104 cm³/mol. The Bertz CT molecular complexity index is 827. The highest BCUT2D eigenvalue weighted by molar-refractivity contribution is 8.15. The van der Waals surface area contributed by atoms with Gasteiger partial charge in [0.15, 0.2) is 5.17 Å². The molecular formula is C19H21N3O2S. The monoisotopic (exact) mass is 355 g/mol. The lowest BCUT2D eigenvalue weighted by Gasteiger charge is -2.10. The minimum Gasteiger partial charge on any atom is -0.325 e. The number of amides is 2. The molecule has 1 aliphatic heterocycles. The number of carbonyl (C=O) groups is 2. The second kappa shape index (κ2) is 7.70. The lowest BCUT2D eigenvalue weighted by molar-refractivity contribution is -0.122. The molecule has 1 aliphatic rings. The smallest absolute Gasteiger partial charge is 0.240 e. The number of anilines is 1. The van der Waals surface area contributed by atoms with E-state index in [4.69, 9.17) is 0 Å². The van der Waals surface area contributed by atoms with Gasteiger partial charge in [0, 0.05) is 24.0 Å². The molecule has 3 rings (SSSR count). The first-order valence-corrected chi connectivity index (χ1v) is 9.20. The van der Waals surface area contributed by atoms with Crippen LogP contribution < -0.4 is 10.6 Å². The highest BCUT2D eigenvalue weighted by atomic mass is 32.2. The Balaban J connectivity index is 1.64. The van der Waals surface area contributed by atoms with Crippen LogP contribution in [0, 0.1) is 5.92 Å². The Morgan fingerprint density at radius 3 is 2.80 bits per heavy atom. The van der Waals surface area contributed by atoms with Gasteiger partial charge in [0.25, 0.3) is 0 Å². The highest BCUT2D eigenvalue weighted by Crippen LogP contribution is 2.26. The van der Waals surface area contributed by atoms with E-state index < -0.39 is 5.25 Å². The first-order chi connectivity index (χ1) is 12.0. The molecule has 0 aliphatic carbocycles. The normalized spacial score (nSPS) is 18.8. The molecule has 1 fully saturated rings. The highest BCUT2D eigenvalue weighted by Gasteiger charge is 2.32. The maximum Gasteiger partial charge on any atom is 0.240 e. The van der Waals surface area contributed by atoms with E-state index in [2.05, 4.69) is 29.5 Å². The molecule has 0 saturated carbocycles. The van der Waals surface area contributed by atoms with Crippen molar-refractivity contribution in [3.05, 3.63) is 42.5 Å². The van der Waals surface area contributed by atoms with E-state index in [1.807, 2.05) is 42.5 Å². The molecule has 0 radical (unpaired) electrons. The van der Waals surface area contributed by atoms with Crippen molar-refractivity contribution < 1.29 is 9.59 Å². The third-order valence-electron chi connectivity index (χ3n) is 3.81. The summed E-state index contributed by atoms with van der Waals surface area (Å²) < 4.78 is 0. The van der Waals surface area contributed by atoms with Crippen LogP contribution in [0.5, 0.6) is 0 Å². The van der Waals surface area contributed by atoms with Crippen LogP contribution in [0.4, 0.5) is 5.69 Å². The van der Waals surface area contributed by atoms with E-state index in [0.717, 1.165) is 16.5 Å². The Hall–Kier alpha value is -2.34. The van der Waals surface area contributed by atoms with E-state index in [1.165, 1.54) is 11.8 Å². The van der Waals surface area contributed by atoms with E-state index in [9.17, 15) is 9.59 Å². The van der Waals surface area contributed by atoms with Gasteiger partial charge in [-0.3, -0.25) is 14.6 Å². The van der Waals surface area contributed by atoms with Crippen molar-refractivity contribution in [1.29, 1.82) is 0 Å². The molecule has 2 aromatic rings. The number of nitrogens with one attached hydrogen (secondary N) is 2. The number of fused-ring (bicyclic) bond motifs is 1. The lowest BCUT2D eigenvalue weighted by atomic mass is 10.1. The average Bonchev–Trinajstić information content (AvgIpc) is 2.93. The summed E-state index contributed by atoms with van der Waals surface area (Å²) in [5.74, 6) is 0.105. The average molecular weight is 355 g/mol. The fourth-order valence-electron chi connectivity index (χ4n) is 2.58. The zero-order valence-corrected chi connectivity index (χ0v) is 15.1. The molecule has 0 aromatic heterocycles. The minimum absolute atomic E-state index is 0.125. The zero-order valence-electron chi connectivity index (χ0n) is 14.3. The Morgan fingerprint density at radius 1 is 1.24 bits per heavy atom. The molecule has 1 saturated heterocycles. The van der Waals surface area contributed by atoms with Gasteiger partial charge < -0.3 is 10.6 Å². The van der Waals surface area contributed by atoms with Gasteiger partial charge in [0.2, 0.25) is 11.8 Å². The largest absolute Gasteiger partial charge is 0.325 e. The van der Waals surface area contributed by atoms with Crippen molar-refractivity contribution in [2.45, 2.75) is 25.5 Å². The number of nitrogens with zero attached hydrogens (tertiary/aromatic N) is 1. The first kappa shape index (κ1) is 17.5. The summed E-state index contributed by atoms with van der Waals surface area (Å²) >= 11 is 1.33. The summed E-state index contributed by atoms with van der Waals surface area (Å²) in [7, 11) is 0. The first-order valence-electron chi connectivity index (χ1n) is 8.32. The van der Waals surface area contributed by atoms with Crippen LogP contribution in [-0.2, 0) is 9.59 Å². The van der Waals surface area contributed by atoms with Crippen LogP contribution in [0.1, 0.15) is 20.3 Å². The standard InChI is InChI=1S/C19H21N3O2S/c1-12(2)11-20-19-22-18(24)16(25-19)10-17(23)21-15-9-5-7-13-6-3-4-8-14(13)15/h3-9,12,16H,10-11H2,1-2H3,(H,21,23)(H,20,22,24)/t16-/m1/s1. The molecule has 6 heteroatoms. The summed E-state index contributed by atoms with van der Waals surface area (Å²) in [6.07, 6.45) is 0.125. The van der Waals surface area contributed by atoms with Crippen molar-refractivity contribution in [2.24, 2.45) is 10.9 Å². The van der Waals surface area contributed by atoms with E-state index >= 15 is 0 Å². The molecule has 25 heavy (non-hydrogen) atoms. The van der Waals surface area contributed by atoms with Crippen LogP contribution in [-0.4, -0.2) is 28.8 Å². The van der Waals surface area contributed by atoms with E-state index in [-0.39, 0.29) is 18.2 Å². The number of aliphatic imine (C=N–C) groups is 1. The third kappa shape index (κ3) is 4.39. The van der Waals surface area contributed by atoms with Gasteiger partial charge in [-0.15, -0.1) is 0 Å². The van der Waals surface area contributed by atoms with Crippen molar-refractivity contribution in [3.63, 3.8) is 0 Å². The van der Waals surface area contributed by atoms with Crippen LogP contribution in [0.15, 0.2) is 47.5 Å². The van der Waals surface area contributed by atoms with Crippen LogP contribution >= 0.6 is 11.8 Å². The Kier molecular flexibility index (Phi) is 5.38. The number of hydrogen-bond donors (Lipinski definition) is 2. The number of rotatable bonds is 5. The fourth-order valence-corrected chi connectivity index (χ4v) is 3.56. The van der Waals surface area contributed by atoms with Crippen molar-refractivity contribution in [3.8, 4) is 0 Å². The molecule has 2 aromatic carbocycles. The summed E-state index contributed by atoms with van der Waals surface area (Å²) in [6, 6.07) is 13.7. The Morgan fingerprint density at radius 2 is 2.00 bits per heavy atom. The summed E-state index contributed by atoms with van der Waals surface area (Å²) in [4.78, 5) is 28.8. The van der Waals surface area contributed by atoms with Gasteiger partial charge in [-0.25, -0.2) is 0 Å². The van der Waals surface area contributed by atoms with E-state index in [0.29, 0.717) is 17.6 Å². The molecule has 2 N–H and O–H groups in total. The van der Waals surface area contributed by atoms with Gasteiger partial charge in [0.1, 0.15) is 5.25 Å². The topological polar surface area (TPSA) is 70.6 Å².